The zero-order chi connectivity index (χ0) is 26.0. The first-order valence-electron chi connectivity index (χ1n) is 11.4. The van der Waals surface area contributed by atoms with Crippen LogP contribution in [0.25, 0.3) is 0 Å². The average molecular weight is 581 g/mol. The van der Waals surface area contributed by atoms with Crippen molar-refractivity contribution in [3.05, 3.63) is 22.7 Å². The van der Waals surface area contributed by atoms with Crippen LogP contribution in [0, 0.1) is 22.7 Å². The fourth-order valence-corrected chi connectivity index (χ4v) is 8.71. The minimum absolute atomic E-state index is 0.0663. The van der Waals surface area contributed by atoms with Gasteiger partial charge < -0.3 is 10.5 Å². The van der Waals surface area contributed by atoms with Crippen molar-refractivity contribution in [3.63, 3.8) is 0 Å². The van der Waals surface area contributed by atoms with Crippen molar-refractivity contribution in [2.75, 3.05) is 0 Å². The smallest absolute Gasteiger partial charge is 0.404 e. The second-order valence-electron chi connectivity index (χ2n) is 11.1. The summed E-state index contributed by atoms with van der Waals surface area (Å²) in [6.07, 6.45) is -0.499. The number of alkyl halides is 3. The van der Waals surface area contributed by atoms with Crippen molar-refractivity contribution in [1.82, 2.24) is 4.72 Å². The number of rotatable bonds is 8. The molecule has 1 aromatic carbocycles. The van der Waals surface area contributed by atoms with Gasteiger partial charge in [-0.15, -0.1) is 13.2 Å². The summed E-state index contributed by atoms with van der Waals surface area (Å²) in [4.78, 5) is 25.0. The summed E-state index contributed by atoms with van der Waals surface area (Å²) in [6, 6.07) is 3.14. The van der Waals surface area contributed by atoms with Gasteiger partial charge in [-0.2, -0.15) is 4.72 Å². The molecule has 2 unspecified atom stereocenters. The SMILES string of the molecule is CC(C)(NS(=O)(=O)c1ccc(Br)cc1OC(F)(F)F)C(=O)CC12CC3CC(C1)CC(C(N)=O)(C3)C2. The molecule has 0 aromatic heterocycles. The van der Waals surface area contributed by atoms with Crippen LogP contribution in [0.3, 0.4) is 0 Å². The van der Waals surface area contributed by atoms with Crippen molar-refractivity contribution in [2.24, 2.45) is 28.4 Å². The monoisotopic (exact) mass is 580 g/mol. The Kier molecular flexibility index (Phi) is 6.37. The predicted molar refractivity (Wildman–Crippen MR) is 124 cm³/mol. The van der Waals surface area contributed by atoms with Crippen LogP contribution in [0.5, 0.6) is 5.75 Å². The number of hydrogen-bond acceptors (Lipinski definition) is 5. The fourth-order valence-electron chi connectivity index (χ4n) is 6.87. The average Bonchev–Trinajstić information content (AvgIpc) is 2.64. The molecule has 12 heteroatoms. The highest BCUT2D eigenvalue weighted by Crippen LogP contribution is 2.66. The number of carbonyl (C=O) groups is 2. The maximum Gasteiger partial charge on any atom is 0.573 e. The van der Waals surface area contributed by atoms with Crippen LogP contribution < -0.4 is 15.2 Å². The van der Waals surface area contributed by atoms with E-state index in [2.05, 4.69) is 25.4 Å². The van der Waals surface area contributed by atoms with Gasteiger partial charge in [-0.25, -0.2) is 8.42 Å². The number of hydrogen-bond donors (Lipinski definition) is 2. The number of ketones is 1. The number of primary amides is 1. The van der Waals surface area contributed by atoms with Crippen LogP contribution in [-0.2, 0) is 19.6 Å². The maximum atomic E-state index is 13.4. The first kappa shape index (κ1) is 26.4. The van der Waals surface area contributed by atoms with Crippen molar-refractivity contribution >= 4 is 37.6 Å². The number of ether oxygens (including phenoxy) is 1. The lowest BCUT2D eigenvalue weighted by Gasteiger charge is -2.61. The molecule has 0 heterocycles. The molecule has 7 nitrogen and oxygen atoms in total. The van der Waals surface area contributed by atoms with Gasteiger partial charge in [0.1, 0.15) is 4.90 Å². The van der Waals surface area contributed by atoms with Crippen molar-refractivity contribution in [2.45, 2.75) is 75.6 Å². The first-order valence-corrected chi connectivity index (χ1v) is 13.6. The van der Waals surface area contributed by atoms with E-state index in [1.54, 1.807) is 0 Å². The molecule has 0 saturated heterocycles. The third-order valence-electron chi connectivity index (χ3n) is 7.75. The van der Waals surface area contributed by atoms with E-state index >= 15 is 0 Å². The summed E-state index contributed by atoms with van der Waals surface area (Å²) in [5, 5.41) is 0. The predicted octanol–water partition coefficient (Wildman–Crippen LogP) is 4.44. The molecule has 3 N–H and O–H groups in total. The fraction of sp³-hybridized carbons (Fsp3) is 0.652. The highest BCUT2D eigenvalue weighted by atomic mass is 79.9. The molecule has 2 atom stereocenters. The van der Waals surface area contributed by atoms with E-state index in [4.69, 9.17) is 5.73 Å². The zero-order valence-electron chi connectivity index (χ0n) is 19.4. The quantitative estimate of drug-likeness (QED) is 0.471. The molecule has 5 rings (SSSR count). The van der Waals surface area contributed by atoms with E-state index in [1.807, 2.05) is 0 Å². The molecule has 4 aliphatic carbocycles. The molecule has 0 aliphatic heterocycles. The summed E-state index contributed by atoms with van der Waals surface area (Å²) in [7, 11) is -4.57. The highest BCUT2D eigenvalue weighted by molar-refractivity contribution is 9.10. The van der Waals surface area contributed by atoms with Gasteiger partial charge in [0.15, 0.2) is 11.5 Å². The third-order valence-corrected chi connectivity index (χ3v) is 9.94. The van der Waals surface area contributed by atoms with Gasteiger partial charge in [-0.1, -0.05) is 15.9 Å². The Bertz CT molecular complexity index is 1150. The van der Waals surface area contributed by atoms with E-state index in [0.29, 0.717) is 18.3 Å². The minimum Gasteiger partial charge on any atom is -0.404 e. The Balaban J connectivity index is 1.56. The molecule has 194 valence electrons. The minimum atomic E-state index is -5.11. The maximum absolute atomic E-state index is 13.4. The number of benzene rings is 1. The van der Waals surface area contributed by atoms with Crippen LogP contribution in [0.15, 0.2) is 27.6 Å². The number of carbonyl (C=O) groups excluding carboxylic acids is 2. The molecule has 1 amide bonds. The molecule has 4 aliphatic rings. The second-order valence-corrected chi connectivity index (χ2v) is 13.6. The van der Waals surface area contributed by atoms with Gasteiger partial charge in [-0.05, 0) is 87.8 Å². The van der Waals surface area contributed by atoms with Crippen LogP contribution in [-0.4, -0.2) is 32.0 Å². The van der Waals surface area contributed by atoms with Gasteiger partial charge in [0.05, 0.1) is 11.0 Å². The molecule has 4 bridgehead atoms. The van der Waals surface area contributed by atoms with Gasteiger partial charge in [0, 0.05) is 10.9 Å². The summed E-state index contributed by atoms with van der Waals surface area (Å²) >= 11 is 3.01. The molecule has 1 aromatic rings. The summed E-state index contributed by atoms with van der Waals surface area (Å²) in [6.45, 7) is 2.78. The van der Waals surface area contributed by atoms with E-state index in [-0.39, 0.29) is 16.8 Å². The zero-order valence-corrected chi connectivity index (χ0v) is 21.8. The normalized spacial score (nSPS) is 30.3. The summed E-state index contributed by atoms with van der Waals surface area (Å²) in [5.74, 6) is -1.02. The van der Waals surface area contributed by atoms with Crippen LogP contribution in [0.2, 0.25) is 0 Å². The van der Waals surface area contributed by atoms with E-state index in [1.165, 1.54) is 19.9 Å². The highest BCUT2D eigenvalue weighted by Gasteiger charge is 2.60. The number of amides is 1. The van der Waals surface area contributed by atoms with Gasteiger partial charge in [0.25, 0.3) is 0 Å². The number of nitrogens with one attached hydrogen (secondary N) is 1. The number of sulfonamides is 1. The van der Waals surface area contributed by atoms with Crippen LogP contribution in [0.1, 0.15) is 58.8 Å². The van der Waals surface area contributed by atoms with Crippen molar-refractivity contribution in [3.8, 4) is 5.75 Å². The Morgan fingerprint density at radius 2 is 1.77 bits per heavy atom. The molecular weight excluding hydrogens is 553 g/mol. The Hall–Kier alpha value is -1.66. The largest absolute Gasteiger partial charge is 0.573 e. The Labute approximate surface area is 210 Å². The van der Waals surface area contributed by atoms with Crippen molar-refractivity contribution in [1.29, 1.82) is 0 Å². The molecule has 0 spiro atoms. The summed E-state index contributed by atoms with van der Waals surface area (Å²) < 4.78 is 71.2. The molecule has 4 saturated carbocycles. The van der Waals surface area contributed by atoms with E-state index < -0.39 is 49.2 Å². The van der Waals surface area contributed by atoms with Crippen LogP contribution >= 0.6 is 15.9 Å². The molecular formula is C23H28BrF3N2O5S. The van der Waals surface area contributed by atoms with Crippen LogP contribution in [0.4, 0.5) is 13.2 Å². The second kappa shape index (κ2) is 8.44. The summed E-state index contributed by atoms with van der Waals surface area (Å²) in [5.41, 5.74) is 3.12. The lowest BCUT2D eigenvalue weighted by molar-refractivity contribution is -0.275. The van der Waals surface area contributed by atoms with Crippen molar-refractivity contribution < 1.29 is 35.9 Å². The molecule has 4 fully saturated rings. The molecule has 0 radical (unpaired) electrons. The number of halogens is 4. The molecule has 35 heavy (non-hydrogen) atoms. The third kappa shape index (κ3) is 5.24. The Morgan fingerprint density at radius 1 is 1.17 bits per heavy atom. The number of Topliss-reactive ketones (excluding diaryl/α,β-unsaturated/α-hetero) is 1. The topological polar surface area (TPSA) is 116 Å². The first-order chi connectivity index (χ1) is 15.9. The van der Waals surface area contributed by atoms with Gasteiger partial charge >= 0.3 is 6.36 Å². The number of nitrogens with two attached hydrogens (primary N) is 1. The lowest BCUT2D eigenvalue weighted by atomic mass is 9.43. The van der Waals surface area contributed by atoms with E-state index in [0.717, 1.165) is 44.2 Å². The Morgan fingerprint density at radius 3 is 2.31 bits per heavy atom. The standard InChI is InChI=1S/C23H28BrF3N2O5S/c1-20(2,29-35(32,33)17-4-3-15(24)6-16(17)34-23(25,26)27)18(30)11-21-7-13-5-14(8-21)10-22(9-13,12-21)19(28)31/h3-4,6,13-14,29H,5,7-12H2,1-2H3,(H2,28,31). The van der Waals surface area contributed by atoms with E-state index in [9.17, 15) is 31.2 Å². The lowest BCUT2D eigenvalue weighted by Crippen LogP contribution is -2.58. The van der Waals surface area contributed by atoms with Gasteiger partial charge in [0.2, 0.25) is 15.9 Å². The van der Waals surface area contributed by atoms with Gasteiger partial charge in [-0.3, -0.25) is 9.59 Å².